The summed E-state index contributed by atoms with van der Waals surface area (Å²) in [6.45, 7) is 17.1. The van der Waals surface area contributed by atoms with E-state index in [4.69, 9.17) is 20.4 Å². The van der Waals surface area contributed by atoms with Gasteiger partial charge in [0.15, 0.2) is 23.7 Å². The third-order valence-electron chi connectivity index (χ3n) is 5.24. The highest BCUT2D eigenvalue weighted by Gasteiger charge is 2.37. The molecular formula is C20H32ClNO4SSi. The molecule has 0 bridgehead atoms. The Morgan fingerprint density at radius 2 is 1.75 bits per heavy atom. The van der Waals surface area contributed by atoms with E-state index in [1.54, 1.807) is 12.1 Å². The lowest BCUT2D eigenvalue weighted by atomic mass is 9.97. The van der Waals surface area contributed by atoms with Crippen molar-refractivity contribution in [2.75, 3.05) is 12.4 Å². The Hall–Kier alpha value is -0.893. The van der Waals surface area contributed by atoms with Gasteiger partial charge in [0.25, 0.3) is 0 Å². The maximum Gasteiger partial charge on any atom is 0.200 e. The number of benzene rings is 1. The van der Waals surface area contributed by atoms with Gasteiger partial charge in [0.1, 0.15) is 10.4 Å². The number of rotatable bonds is 6. The first-order valence-electron chi connectivity index (χ1n) is 9.52. The first-order valence-corrected chi connectivity index (χ1v) is 14.5. The maximum atomic E-state index is 13.0. The van der Waals surface area contributed by atoms with Gasteiger partial charge in [0, 0.05) is 12.0 Å². The molecule has 0 saturated heterocycles. The van der Waals surface area contributed by atoms with E-state index >= 15 is 0 Å². The van der Waals surface area contributed by atoms with Crippen molar-refractivity contribution in [3.63, 3.8) is 0 Å². The summed E-state index contributed by atoms with van der Waals surface area (Å²) >= 11 is 6.27. The second-order valence-electron chi connectivity index (χ2n) is 9.77. The Labute approximate surface area is 174 Å². The highest BCUT2D eigenvalue weighted by molar-refractivity contribution is 7.91. The predicted molar refractivity (Wildman–Crippen MR) is 118 cm³/mol. The SMILES string of the molecule is CC(C)(C)c1nc2ccc(Cl)c(S(=O)(=O)CCCO[Si](C)(C)C(C)(C)C)c2o1. The molecule has 0 aliphatic rings. The van der Waals surface area contributed by atoms with Crippen LogP contribution in [0.25, 0.3) is 11.1 Å². The summed E-state index contributed by atoms with van der Waals surface area (Å²) < 4.78 is 38.0. The van der Waals surface area contributed by atoms with Crippen molar-refractivity contribution in [1.29, 1.82) is 0 Å². The van der Waals surface area contributed by atoms with Crippen LogP contribution in [-0.2, 0) is 19.7 Å². The zero-order valence-electron chi connectivity index (χ0n) is 18.1. The lowest BCUT2D eigenvalue weighted by molar-refractivity contribution is 0.288. The third-order valence-corrected chi connectivity index (χ3v) is 12.1. The summed E-state index contributed by atoms with van der Waals surface area (Å²) in [4.78, 5) is 4.48. The van der Waals surface area contributed by atoms with E-state index in [9.17, 15) is 8.42 Å². The number of fused-ring (bicyclic) bond motifs is 1. The minimum Gasteiger partial charge on any atom is -0.439 e. The largest absolute Gasteiger partial charge is 0.439 e. The molecule has 28 heavy (non-hydrogen) atoms. The van der Waals surface area contributed by atoms with E-state index in [1.807, 2.05) is 20.8 Å². The van der Waals surface area contributed by atoms with Crippen molar-refractivity contribution in [3.05, 3.63) is 23.0 Å². The average Bonchev–Trinajstić information content (AvgIpc) is 2.94. The van der Waals surface area contributed by atoms with Gasteiger partial charge in [0.05, 0.1) is 10.8 Å². The Morgan fingerprint density at radius 1 is 1.14 bits per heavy atom. The van der Waals surface area contributed by atoms with Crippen LogP contribution in [0.4, 0.5) is 0 Å². The molecule has 0 amide bonds. The molecule has 0 aliphatic carbocycles. The van der Waals surface area contributed by atoms with Crippen LogP contribution in [0.3, 0.4) is 0 Å². The van der Waals surface area contributed by atoms with E-state index in [2.05, 4.69) is 38.8 Å². The van der Waals surface area contributed by atoms with Gasteiger partial charge in [0.2, 0.25) is 5.89 Å². The van der Waals surface area contributed by atoms with Crippen LogP contribution < -0.4 is 0 Å². The van der Waals surface area contributed by atoms with Crippen LogP contribution in [0.1, 0.15) is 53.9 Å². The van der Waals surface area contributed by atoms with Crippen LogP contribution in [-0.4, -0.2) is 34.1 Å². The molecule has 0 aliphatic heterocycles. The van der Waals surface area contributed by atoms with Crippen molar-refractivity contribution in [2.24, 2.45) is 0 Å². The fourth-order valence-corrected chi connectivity index (χ4v) is 5.53. The van der Waals surface area contributed by atoms with Crippen LogP contribution >= 0.6 is 11.6 Å². The number of halogens is 1. The minimum absolute atomic E-state index is 0.0296. The van der Waals surface area contributed by atoms with E-state index in [-0.39, 0.29) is 31.7 Å². The molecule has 1 heterocycles. The van der Waals surface area contributed by atoms with E-state index < -0.39 is 18.2 Å². The van der Waals surface area contributed by atoms with Crippen LogP contribution in [0.5, 0.6) is 0 Å². The van der Waals surface area contributed by atoms with Gasteiger partial charge in [-0.15, -0.1) is 0 Å². The van der Waals surface area contributed by atoms with Gasteiger partial charge in [-0.05, 0) is 36.7 Å². The van der Waals surface area contributed by atoms with Gasteiger partial charge in [-0.25, -0.2) is 13.4 Å². The molecule has 8 heteroatoms. The van der Waals surface area contributed by atoms with Gasteiger partial charge < -0.3 is 8.84 Å². The zero-order valence-corrected chi connectivity index (χ0v) is 20.7. The highest BCUT2D eigenvalue weighted by Crippen LogP contribution is 2.37. The first kappa shape index (κ1) is 23.4. The van der Waals surface area contributed by atoms with Gasteiger partial charge in [-0.1, -0.05) is 53.1 Å². The van der Waals surface area contributed by atoms with E-state index in [1.165, 1.54) is 0 Å². The van der Waals surface area contributed by atoms with Gasteiger partial charge in [-0.3, -0.25) is 0 Å². The molecule has 0 radical (unpaired) electrons. The standard InChI is InChI=1S/C20H32ClNO4SSi/c1-19(2,3)18-22-15-11-10-14(21)17(16(15)26-18)27(23,24)13-9-12-25-28(7,8)20(4,5)6/h10-11H,9,12-13H2,1-8H3. The molecule has 0 fully saturated rings. The average molecular weight is 446 g/mol. The summed E-state index contributed by atoms with van der Waals surface area (Å²) in [5.41, 5.74) is 0.414. The second kappa shape index (κ2) is 7.74. The molecule has 2 aromatic rings. The first-order chi connectivity index (χ1) is 12.6. The molecule has 2 rings (SSSR count). The Bertz CT molecular complexity index is 953. The number of hydrogen-bond acceptors (Lipinski definition) is 5. The van der Waals surface area contributed by atoms with Crippen molar-refractivity contribution >= 4 is 40.9 Å². The smallest absolute Gasteiger partial charge is 0.200 e. The molecule has 0 spiro atoms. The minimum atomic E-state index is -3.63. The Kier molecular flexibility index (Phi) is 6.47. The van der Waals surface area contributed by atoms with Crippen molar-refractivity contribution in [3.8, 4) is 0 Å². The van der Waals surface area contributed by atoms with Crippen LogP contribution in [0.2, 0.25) is 23.2 Å². The summed E-state index contributed by atoms with van der Waals surface area (Å²) in [5, 5.41) is 0.249. The van der Waals surface area contributed by atoms with Crippen molar-refractivity contribution in [2.45, 2.75) is 76.4 Å². The fourth-order valence-electron chi connectivity index (χ4n) is 2.45. The molecule has 0 unspecified atom stereocenters. The topological polar surface area (TPSA) is 69.4 Å². The quantitative estimate of drug-likeness (QED) is 0.405. The van der Waals surface area contributed by atoms with E-state index in [0.717, 1.165) is 0 Å². The molecule has 1 aromatic heterocycles. The molecule has 0 saturated carbocycles. The van der Waals surface area contributed by atoms with Crippen LogP contribution in [0, 0.1) is 0 Å². The number of aromatic nitrogens is 1. The molecule has 0 atom stereocenters. The zero-order chi connectivity index (χ0) is 21.5. The molecule has 158 valence electrons. The fraction of sp³-hybridized carbons (Fsp3) is 0.650. The van der Waals surface area contributed by atoms with Crippen molar-refractivity contribution in [1.82, 2.24) is 4.98 Å². The normalized spacial score (nSPS) is 14.0. The molecule has 1 aromatic carbocycles. The highest BCUT2D eigenvalue weighted by atomic mass is 35.5. The molecule has 5 nitrogen and oxygen atoms in total. The Balaban J connectivity index is 2.25. The lowest BCUT2D eigenvalue weighted by Crippen LogP contribution is -2.41. The van der Waals surface area contributed by atoms with Crippen molar-refractivity contribution < 1.29 is 17.3 Å². The monoisotopic (exact) mass is 445 g/mol. The summed E-state index contributed by atoms with van der Waals surface area (Å²) in [6, 6.07) is 3.26. The number of oxazole rings is 1. The van der Waals surface area contributed by atoms with Gasteiger partial charge in [-0.2, -0.15) is 0 Å². The maximum absolute atomic E-state index is 13.0. The number of sulfone groups is 1. The number of hydrogen-bond donors (Lipinski definition) is 0. The summed E-state index contributed by atoms with van der Waals surface area (Å²) in [5.74, 6) is 0.439. The summed E-state index contributed by atoms with van der Waals surface area (Å²) in [6.07, 6.45) is 0.405. The van der Waals surface area contributed by atoms with Gasteiger partial charge >= 0.3 is 0 Å². The van der Waals surface area contributed by atoms with Crippen LogP contribution in [0.15, 0.2) is 21.4 Å². The second-order valence-corrected chi connectivity index (χ2v) is 17.0. The molecular weight excluding hydrogens is 414 g/mol. The summed E-state index contributed by atoms with van der Waals surface area (Å²) in [7, 11) is -5.54. The number of nitrogens with zero attached hydrogens (tertiary/aromatic N) is 1. The lowest BCUT2D eigenvalue weighted by Gasteiger charge is -2.36. The molecule has 0 N–H and O–H groups in total. The predicted octanol–water partition coefficient (Wildman–Crippen LogP) is 5.96. The third kappa shape index (κ3) is 4.98. The van der Waals surface area contributed by atoms with E-state index in [0.29, 0.717) is 24.4 Å². The Morgan fingerprint density at radius 3 is 2.29 bits per heavy atom.